The number of hydrogen-bond acceptors (Lipinski definition) is 6. The summed E-state index contributed by atoms with van der Waals surface area (Å²) >= 11 is 0. The number of aliphatic hydroxyl groups excluding tert-OH is 1. The van der Waals surface area contributed by atoms with E-state index in [4.69, 9.17) is 9.47 Å². The van der Waals surface area contributed by atoms with Crippen LogP contribution in [-0.4, -0.2) is 75.7 Å². The van der Waals surface area contributed by atoms with Gasteiger partial charge in [0.05, 0.1) is 30.6 Å². The van der Waals surface area contributed by atoms with Gasteiger partial charge in [-0.05, 0) is 44.1 Å². The van der Waals surface area contributed by atoms with Crippen molar-refractivity contribution in [3.63, 3.8) is 0 Å². The molecule has 2 unspecified atom stereocenters. The Hall–Kier alpha value is -2.97. The topological polar surface area (TPSA) is 96.4 Å². The maximum atomic E-state index is 14.8. The summed E-state index contributed by atoms with van der Waals surface area (Å²) in [5.74, 6) is -2.86. The molecule has 40 heavy (non-hydrogen) atoms. The molecule has 1 aromatic carbocycles. The zero-order chi connectivity index (χ0) is 29.5. The molecule has 0 radical (unpaired) electrons. The van der Waals surface area contributed by atoms with Crippen molar-refractivity contribution in [3.05, 3.63) is 61.2 Å². The Kier molecular flexibility index (Phi) is 8.35. The number of ether oxygens (including phenoxy) is 2. The lowest BCUT2D eigenvalue weighted by Crippen LogP contribution is -2.61. The van der Waals surface area contributed by atoms with Gasteiger partial charge in [0.2, 0.25) is 11.8 Å². The van der Waals surface area contributed by atoms with Crippen LogP contribution < -0.4 is 0 Å². The fraction of sp³-hybridized carbons (Fsp3) is 0.594. The molecule has 1 N–H and O–H groups in total. The minimum absolute atomic E-state index is 0.0272. The maximum Gasteiger partial charge on any atom is 0.312 e. The van der Waals surface area contributed by atoms with E-state index in [0.717, 1.165) is 0 Å². The Bertz CT molecular complexity index is 1140. The highest BCUT2D eigenvalue weighted by atomic mass is 16.6. The minimum atomic E-state index is -1.20. The van der Waals surface area contributed by atoms with Crippen molar-refractivity contribution >= 4 is 17.8 Å². The van der Waals surface area contributed by atoms with Gasteiger partial charge in [-0.3, -0.25) is 14.4 Å². The average molecular weight is 553 g/mol. The molecule has 2 amide bonds. The van der Waals surface area contributed by atoms with Crippen LogP contribution in [0.15, 0.2) is 55.6 Å². The van der Waals surface area contributed by atoms with Crippen LogP contribution in [0, 0.1) is 17.3 Å². The molecule has 8 heteroatoms. The summed E-state index contributed by atoms with van der Waals surface area (Å²) in [6, 6.07) is 7.39. The predicted molar refractivity (Wildman–Crippen MR) is 152 cm³/mol. The fourth-order valence-electron chi connectivity index (χ4n) is 7.55. The molecule has 3 fully saturated rings. The second-order valence-electron chi connectivity index (χ2n) is 13.1. The third-order valence-corrected chi connectivity index (χ3v) is 8.55. The molecule has 1 aromatic rings. The maximum absolute atomic E-state index is 14.8. The number of rotatable bonds is 11. The first-order valence-corrected chi connectivity index (χ1v) is 14.2. The fourth-order valence-corrected chi connectivity index (χ4v) is 7.55. The molecule has 0 saturated carbocycles. The van der Waals surface area contributed by atoms with Crippen LogP contribution in [0.2, 0.25) is 0 Å². The van der Waals surface area contributed by atoms with Crippen LogP contribution in [-0.2, 0) is 23.9 Å². The zero-order valence-electron chi connectivity index (χ0n) is 24.5. The molecule has 1 spiro atoms. The van der Waals surface area contributed by atoms with Crippen molar-refractivity contribution < 1.29 is 29.0 Å². The molecule has 3 aliphatic heterocycles. The van der Waals surface area contributed by atoms with Crippen LogP contribution in [0.25, 0.3) is 0 Å². The number of benzene rings is 1. The monoisotopic (exact) mass is 552 g/mol. The first-order chi connectivity index (χ1) is 18.8. The molecule has 3 saturated heterocycles. The second-order valence-corrected chi connectivity index (χ2v) is 13.1. The first kappa shape index (κ1) is 30.0. The van der Waals surface area contributed by atoms with Crippen molar-refractivity contribution in [1.29, 1.82) is 0 Å². The van der Waals surface area contributed by atoms with Gasteiger partial charge in [-0.15, -0.1) is 6.58 Å². The van der Waals surface area contributed by atoms with E-state index in [1.165, 1.54) is 11.0 Å². The van der Waals surface area contributed by atoms with Gasteiger partial charge < -0.3 is 24.4 Å². The first-order valence-electron chi connectivity index (χ1n) is 14.2. The van der Waals surface area contributed by atoms with Crippen LogP contribution >= 0.6 is 0 Å². The number of amides is 2. The van der Waals surface area contributed by atoms with Crippen molar-refractivity contribution in [2.75, 3.05) is 19.8 Å². The minimum Gasteiger partial charge on any atom is -0.461 e. The van der Waals surface area contributed by atoms with Gasteiger partial charge in [0.25, 0.3) is 0 Å². The molecule has 3 heterocycles. The molecule has 8 nitrogen and oxygen atoms in total. The highest BCUT2D eigenvalue weighted by molar-refractivity contribution is 5.98. The van der Waals surface area contributed by atoms with E-state index >= 15 is 0 Å². The van der Waals surface area contributed by atoms with Crippen LogP contribution in [0.4, 0.5) is 0 Å². The smallest absolute Gasteiger partial charge is 0.312 e. The Morgan fingerprint density at radius 2 is 1.88 bits per heavy atom. The molecule has 2 bridgehead atoms. The summed E-state index contributed by atoms with van der Waals surface area (Å²) in [5.41, 5.74) is -1.14. The summed E-state index contributed by atoms with van der Waals surface area (Å²) < 4.78 is 12.0. The third-order valence-electron chi connectivity index (χ3n) is 8.55. The van der Waals surface area contributed by atoms with Crippen LogP contribution in [0.1, 0.15) is 65.5 Å². The van der Waals surface area contributed by atoms with E-state index in [2.05, 4.69) is 33.9 Å². The van der Waals surface area contributed by atoms with Crippen molar-refractivity contribution in [1.82, 2.24) is 9.80 Å². The van der Waals surface area contributed by atoms with Gasteiger partial charge in [-0.25, -0.2) is 0 Å². The van der Waals surface area contributed by atoms with Gasteiger partial charge in [-0.2, -0.15) is 0 Å². The van der Waals surface area contributed by atoms with E-state index in [-0.39, 0.29) is 37.0 Å². The van der Waals surface area contributed by atoms with Gasteiger partial charge in [-0.1, -0.05) is 69.8 Å². The van der Waals surface area contributed by atoms with Gasteiger partial charge in [0, 0.05) is 12.1 Å². The number of esters is 1. The van der Waals surface area contributed by atoms with Crippen LogP contribution in [0.3, 0.4) is 0 Å². The highest BCUT2D eigenvalue weighted by Gasteiger charge is 2.76. The average Bonchev–Trinajstić information content (AvgIpc) is 3.53. The number of carbonyl (C=O) groups is 3. The number of fused-ring (bicyclic) bond motifs is 1. The number of aliphatic hydroxyl groups is 1. The van der Waals surface area contributed by atoms with Crippen molar-refractivity contribution in [3.8, 4) is 0 Å². The van der Waals surface area contributed by atoms with Gasteiger partial charge in [0.15, 0.2) is 0 Å². The molecular weight excluding hydrogens is 508 g/mol. The Morgan fingerprint density at radius 1 is 1.20 bits per heavy atom. The van der Waals surface area contributed by atoms with E-state index in [0.29, 0.717) is 24.8 Å². The van der Waals surface area contributed by atoms with Gasteiger partial charge >= 0.3 is 5.97 Å². The number of nitrogens with zero attached hydrogens (tertiary/aromatic N) is 2. The highest BCUT2D eigenvalue weighted by Crippen LogP contribution is 2.60. The summed E-state index contributed by atoms with van der Waals surface area (Å²) in [4.78, 5) is 45.8. The molecule has 218 valence electrons. The van der Waals surface area contributed by atoms with E-state index in [1.807, 2.05) is 44.2 Å². The summed E-state index contributed by atoms with van der Waals surface area (Å²) in [7, 11) is 0. The second kappa shape index (κ2) is 11.1. The third kappa shape index (κ3) is 5.12. The molecule has 6 atom stereocenters. The number of likely N-dealkylation sites (tertiary alicyclic amines) is 1. The number of hydrogen-bond donors (Lipinski definition) is 1. The Morgan fingerprint density at radius 3 is 2.45 bits per heavy atom. The van der Waals surface area contributed by atoms with Crippen LogP contribution in [0.5, 0.6) is 0 Å². The van der Waals surface area contributed by atoms with E-state index in [1.54, 1.807) is 11.0 Å². The normalized spacial score (nSPS) is 28.2. The standard InChI is InChI=1S/C32H44N2O6/c1-8-17-33(31(6,7)20-30(3,4)5)28(37)26-32-16-15-23(40-32)24(29(38)39-18-9-2)25(32)27(36)34(26)22(19-35)21-13-11-10-12-14-21/h8-14,22-26,35H,1-2,15-20H2,3-7H3/t22-,23-,24+,25+,26?,32?/m1/s1. The summed E-state index contributed by atoms with van der Waals surface area (Å²) in [6.45, 7) is 17.9. The van der Waals surface area contributed by atoms with Gasteiger partial charge in [0.1, 0.15) is 18.2 Å². The quantitative estimate of drug-likeness (QED) is 0.329. The Balaban J connectivity index is 1.85. The number of carbonyl (C=O) groups excluding carboxylic acids is 3. The Labute approximate surface area is 238 Å². The summed E-state index contributed by atoms with van der Waals surface area (Å²) in [6.07, 6.45) is 4.38. The summed E-state index contributed by atoms with van der Waals surface area (Å²) in [5, 5.41) is 10.7. The SMILES string of the molecule is C=CCOC(=O)[C@@H]1[C@H]2C(=O)N([C@H](CO)c3ccccc3)C(C(=O)N(CC=C)C(C)(C)CC(C)(C)C)C23CC[C@H]1O3. The zero-order valence-corrected chi connectivity index (χ0v) is 24.5. The molecule has 4 rings (SSSR count). The van der Waals surface area contributed by atoms with Crippen molar-refractivity contribution in [2.45, 2.75) is 83.2 Å². The molecular formula is C32H44N2O6. The molecule has 0 aliphatic carbocycles. The van der Waals surface area contributed by atoms with E-state index < -0.39 is 47.1 Å². The molecule has 3 aliphatic rings. The lowest BCUT2D eigenvalue weighted by atomic mass is 9.70. The van der Waals surface area contributed by atoms with E-state index in [9.17, 15) is 19.5 Å². The largest absolute Gasteiger partial charge is 0.461 e. The molecule has 0 aromatic heterocycles. The lowest BCUT2D eigenvalue weighted by Gasteiger charge is -2.46. The predicted octanol–water partition coefficient (Wildman–Crippen LogP) is 4.05. The van der Waals surface area contributed by atoms with Crippen molar-refractivity contribution in [2.24, 2.45) is 17.3 Å². The lowest BCUT2D eigenvalue weighted by molar-refractivity contribution is -0.157.